The molecule has 0 aromatic carbocycles. The smallest absolute Gasteiger partial charge is 0.374 e. The summed E-state index contributed by atoms with van der Waals surface area (Å²) in [6.45, 7) is 6.46. The molecule has 1 unspecified atom stereocenters. The van der Waals surface area contributed by atoms with E-state index in [1.807, 2.05) is 6.07 Å². The highest BCUT2D eigenvalue weighted by Crippen LogP contribution is 2.16. The van der Waals surface area contributed by atoms with E-state index in [1.165, 1.54) is 0 Å². The van der Waals surface area contributed by atoms with Crippen molar-refractivity contribution in [3.05, 3.63) is 17.6 Å². The van der Waals surface area contributed by atoms with Gasteiger partial charge in [-0.15, -0.1) is 0 Å². The zero-order chi connectivity index (χ0) is 12.4. The minimum absolute atomic E-state index is 0.134. The Morgan fingerprint density at radius 3 is 3.00 bits per heavy atom. The number of rotatable bonds is 2. The zero-order valence-electron chi connectivity index (χ0n) is 9.97. The molecule has 2 rings (SSSR count). The second-order valence-corrected chi connectivity index (χ2v) is 4.24. The number of hydrogen-bond acceptors (Lipinski definition) is 5. The van der Waals surface area contributed by atoms with Crippen LogP contribution in [0, 0.1) is 6.92 Å². The van der Waals surface area contributed by atoms with Crippen molar-refractivity contribution in [1.82, 2.24) is 15.3 Å². The summed E-state index contributed by atoms with van der Waals surface area (Å²) >= 11 is 0. The van der Waals surface area contributed by atoms with E-state index in [-0.39, 0.29) is 5.82 Å². The summed E-state index contributed by atoms with van der Waals surface area (Å²) < 4.78 is 0. The third-order valence-electron chi connectivity index (χ3n) is 2.83. The average Bonchev–Trinajstić information content (AvgIpc) is 2.28. The van der Waals surface area contributed by atoms with E-state index in [1.54, 1.807) is 6.92 Å². The van der Waals surface area contributed by atoms with Crippen molar-refractivity contribution in [2.45, 2.75) is 19.9 Å². The Kier molecular flexibility index (Phi) is 3.23. The molecular weight excluding hydrogens is 220 g/mol. The van der Waals surface area contributed by atoms with Crippen LogP contribution >= 0.6 is 0 Å². The van der Waals surface area contributed by atoms with Crippen molar-refractivity contribution in [1.29, 1.82) is 0 Å². The molecule has 6 nitrogen and oxygen atoms in total. The number of carboxylic acid groups (broad SMARTS) is 1. The van der Waals surface area contributed by atoms with E-state index in [4.69, 9.17) is 5.11 Å². The maximum atomic E-state index is 10.9. The minimum Gasteiger partial charge on any atom is -0.475 e. The Balaban J connectivity index is 2.33. The van der Waals surface area contributed by atoms with Gasteiger partial charge in [0.1, 0.15) is 5.82 Å². The number of hydrogen-bond donors (Lipinski definition) is 2. The Morgan fingerprint density at radius 1 is 1.59 bits per heavy atom. The number of anilines is 1. The van der Waals surface area contributed by atoms with E-state index >= 15 is 0 Å². The second-order valence-electron chi connectivity index (χ2n) is 4.24. The zero-order valence-corrected chi connectivity index (χ0v) is 9.97. The third-order valence-corrected chi connectivity index (χ3v) is 2.83. The summed E-state index contributed by atoms with van der Waals surface area (Å²) in [7, 11) is 0. The highest BCUT2D eigenvalue weighted by molar-refractivity contribution is 5.83. The molecule has 2 heterocycles. The van der Waals surface area contributed by atoms with Crippen LogP contribution in [0.3, 0.4) is 0 Å². The molecule has 1 aromatic heterocycles. The van der Waals surface area contributed by atoms with Crippen LogP contribution in [0.2, 0.25) is 0 Å². The van der Waals surface area contributed by atoms with E-state index in [0.717, 1.165) is 19.6 Å². The lowest BCUT2D eigenvalue weighted by Crippen LogP contribution is -2.50. The van der Waals surface area contributed by atoms with Gasteiger partial charge in [0.15, 0.2) is 0 Å². The molecule has 0 bridgehead atoms. The molecule has 0 aliphatic carbocycles. The van der Waals surface area contributed by atoms with Crippen LogP contribution in [0.1, 0.15) is 23.2 Å². The van der Waals surface area contributed by atoms with Crippen LogP contribution in [0.25, 0.3) is 0 Å². The molecule has 1 atom stereocenters. The molecule has 0 radical (unpaired) electrons. The van der Waals surface area contributed by atoms with Gasteiger partial charge in [-0.2, -0.15) is 0 Å². The van der Waals surface area contributed by atoms with E-state index in [0.29, 0.717) is 17.6 Å². The topological polar surface area (TPSA) is 78.4 Å². The molecule has 1 aliphatic heterocycles. The van der Waals surface area contributed by atoms with Gasteiger partial charge in [-0.3, -0.25) is 0 Å². The SMILES string of the molecule is Cc1cc(N2CCNCC2C)nc(C(=O)O)n1. The van der Waals surface area contributed by atoms with Gasteiger partial charge in [0, 0.05) is 37.4 Å². The molecule has 0 amide bonds. The molecule has 1 saturated heterocycles. The number of aryl methyl sites for hydroxylation is 1. The fourth-order valence-electron chi connectivity index (χ4n) is 1.98. The van der Waals surface area contributed by atoms with Crippen molar-refractivity contribution in [2.24, 2.45) is 0 Å². The number of carbonyl (C=O) groups is 1. The molecule has 2 N–H and O–H groups in total. The maximum absolute atomic E-state index is 10.9. The predicted molar refractivity (Wildman–Crippen MR) is 63.4 cm³/mol. The highest BCUT2D eigenvalue weighted by atomic mass is 16.4. The summed E-state index contributed by atoms with van der Waals surface area (Å²) in [5.41, 5.74) is 0.679. The fourth-order valence-corrected chi connectivity index (χ4v) is 1.98. The lowest BCUT2D eigenvalue weighted by Gasteiger charge is -2.35. The molecule has 1 aliphatic rings. The van der Waals surface area contributed by atoms with Crippen LogP contribution in [0.5, 0.6) is 0 Å². The van der Waals surface area contributed by atoms with Gasteiger partial charge in [0.05, 0.1) is 0 Å². The third kappa shape index (κ3) is 2.52. The van der Waals surface area contributed by atoms with Crippen LogP contribution in [-0.2, 0) is 0 Å². The lowest BCUT2D eigenvalue weighted by molar-refractivity contribution is 0.0683. The Morgan fingerprint density at radius 2 is 2.35 bits per heavy atom. The van der Waals surface area contributed by atoms with Gasteiger partial charge in [0.25, 0.3) is 0 Å². The quantitative estimate of drug-likeness (QED) is 0.768. The van der Waals surface area contributed by atoms with Crippen molar-refractivity contribution >= 4 is 11.8 Å². The van der Waals surface area contributed by atoms with Crippen molar-refractivity contribution in [3.63, 3.8) is 0 Å². The lowest BCUT2D eigenvalue weighted by atomic mass is 10.2. The van der Waals surface area contributed by atoms with Gasteiger partial charge in [-0.25, -0.2) is 14.8 Å². The molecular formula is C11H16N4O2. The summed E-state index contributed by atoms with van der Waals surface area (Å²) in [4.78, 5) is 21.0. The fraction of sp³-hybridized carbons (Fsp3) is 0.545. The minimum atomic E-state index is -1.09. The molecule has 92 valence electrons. The number of nitrogens with zero attached hydrogens (tertiary/aromatic N) is 3. The predicted octanol–water partition coefficient (Wildman–Crippen LogP) is 0.281. The first-order valence-electron chi connectivity index (χ1n) is 5.64. The van der Waals surface area contributed by atoms with Gasteiger partial charge in [-0.1, -0.05) is 0 Å². The van der Waals surface area contributed by atoms with Gasteiger partial charge >= 0.3 is 5.97 Å². The number of piperazine rings is 1. The highest BCUT2D eigenvalue weighted by Gasteiger charge is 2.21. The normalized spacial score (nSPS) is 20.4. The van der Waals surface area contributed by atoms with Crippen molar-refractivity contribution < 1.29 is 9.90 Å². The van der Waals surface area contributed by atoms with E-state index in [2.05, 4.69) is 27.1 Å². The Hall–Kier alpha value is -1.69. The van der Waals surface area contributed by atoms with Crippen LogP contribution in [-0.4, -0.2) is 46.7 Å². The Labute approximate surface area is 99.7 Å². The summed E-state index contributed by atoms with van der Waals surface area (Å²) in [5.74, 6) is -0.521. The first-order chi connectivity index (χ1) is 8.08. The summed E-state index contributed by atoms with van der Waals surface area (Å²) in [5, 5.41) is 12.2. The number of aromatic nitrogens is 2. The first kappa shape index (κ1) is 11.8. The largest absolute Gasteiger partial charge is 0.475 e. The second kappa shape index (κ2) is 4.67. The maximum Gasteiger partial charge on any atom is 0.374 e. The summed E-state index contributed by atoms with van der Waals surface area (Å²) in [6.07, 6.45) is 0. The van der Waals surface area contributed by atoms with Crippen molar-refractivity contribution in [2.75, 3.05) is 24.5 Å². The van der Waals surface area contributed by atoms with E-state index < -0.39 is 5.97 Å². The Bertz CT molecular complexity index is 435. The molecule has 1 fully saturated rings. The van der Waals surface area contributed by atoms with Crippen LogP contribution < -0.4 is 10.2 Å². The van der Waals surface area contributed by atoms with Crippen LogP contribution in [0.4, 0.5) is 5.82 Å². The average molecular weight is 236 g/mol. The molecule has 6 heteroatoms. The molecule has 1 aromatic rings. The van der Waals surface area contributed by atoms with E-state index in [9.17, 15) is 4.79 Å². The van der Waals surface area contributed by atoms with Crippen molar-refractivity contribution in [3.8, 4) is 0 Å². The number of nitrogens with one attached hydrogen (secondary N) is 1. The molecule has 17 heavy (non-hydrogen) atoms. The standard InChI is InChI=1S/C11H16N4O2/c1-7-5-9(14-10(13-7)11(16)17)15-4-3-12-6-8(15)2/h5,8,12H,3-4,6H2,1-2H3,(H,16,17). The first-order valence-corrected chi connectivity index (χ1v) is 5.64. The molecule has 0 spiro atoms. The molecule has 0 saturated carbocycles. The van der Waals surface area contributed by atoms with Gasteiger partial charge < -0.3 is 15.3 Å². The van der Waals surface area contributed by atoms with Crippen LogP contribution in [0.15, 0.2) is 6.07 Å². The summed E-state index contributed by atoms with van der Waals surface area (Å²) in [6, 6.07) is 2.13. The number of carboxylic acids is 1. The van der Waals surface area contributed by atoms with Gasteiger partial charge in [0.2, 0.25) is 5.82 Å². The number of aromatic carboxylic acids is 1. The monoisotopic (exact) mass is 236 g/mol. The van der Waals surface area contributed by atoms with Gasteiger partial charge in [-0.05, 0) is 13.8 Å².